The Balaban J connectivity index is 0.00000190. The van der Waals surface area contributed by atoms with E-state index in [2.05, 4.69) is 20.1 Å². The molecular weight excluding hydrogens is 555 g/mol. The number of fused-ring (bicyclic) bond motifs is 1. The molecule has 204 valence electrons. The van der Waals surface area contributed by atoms with Crippen molar-refractivity contribution in [3.05, 3.63) is 41.7 Å². The lowest BCUT2D eigenvalue weighted by Crippen LogP contribution is -2.36. The van der Waals surface area contributed by atoms with E-state index in [1.165, 1.54) is 12.5 Å². The molecule has 0 spiro atoms. The third-order valence-corrected chi connectivity index (χ3v) is 7.95. The Morgan fingerprint density at radius 3 is 2.62 bits per heavy atom. The molecular formula is C23H28Cl2F4N6OS. The number of oxazole rings is 1. The van der Waals surface area contributed by atoms with Crippen molar-refractivity contribution in [1.82, 2.24) is 24.6 Å². The van der Waals surface area contributed by atoms with Gasteiger partial charge < -0.3 is 18.8 Å². The van der Waals surface area contributed by atoms with Crippen molar-refractivity contribution in [2.45, 2.75) is 37.1 Å². The van der Waals surface area contributed by atoms with Crippen LogP contribution in [0, 0.1) is 18.7 Å². The summed E-state index contributed by atoms with van der Waals surface area (Å²) in [5.74, 6) is 1.72. The van der Waals surface area contributed by atoms with Gasteiger partial charge in [0.05, 0.1) is 16.9 Å². The SMILES string of the molecule is Cc1ncoc1-c1nnc(SCCCN2C[C@H]3CCN(c4ccc(C(F)(F)F)cc4F)[C@H]3C2)n1C.Cl.Cl. The molecule has 2 fully saturated rings. The Kier molecular flexibility index (Phi) is 9.41. The molecule has 3 aromatic rings. The highest BCUT2D eigenvalue weighted by Crippen LogP contribution is 2.38. The fourth-order valence-corrected chi connectivity index (χ4v) is 5.89. The molecule has 1 aromatic carbocycles. The number of hydrogen-bond acceptors (Lipinski definition) is 7. The summed E-state index contributed by atoms with van der Waals surface area (Å²) in [5, 5.41) is 9.29. The maximum Gasteiger partial charge on any atom is 0.416 e. The van der Waals surface area contributed by atoms with Crippen LogP contribution in [0.15, 0.2) is 34.2 Å². The lowest BCUT2D eigenvalue weighted by Gasteiger charge is -2.27. The summed E-state index contributed by atoms with van der Waals surface area (Å²) in [6, 6.07) is 2.97. The third-order valence-electron chi connectivity index (χ3n) is 6.84. The van der Waals surface area contributed by atoms with Crippen molar-refractivity contribution in [3.63, 3.8) is 0 Å². The summed E-state index contributed by atoms with van der Waals surface area (Å²) in [6.45, 7) is 5.14. The minimum Gasteiger partial charge on any atom is -0.440 e. The summed E-state index contributed by atoms with van der Waals surface area (Å²) in [6.07, 6.45) is -1.29. The van der Waals surface area contributed by atoms with Crippen molar-refractivity contribution in [2.24, 2.45) is 13.0 Å². The van der Waals surface area contributed by atoms with Crippen LogP contribution in [0.1, 0.15) is 24.1 Å². The first-order chi connectivity index (χ1) is 16.7. The smallest absolute Gasteiger partial charge is 0.416 e. The summed E-state index contributed by atoms with van der Waals surface area (Å²) in [4.78, 5) is 8.41. The third kappa shape index (κ3) is 6.02. The van der Waals surface area contributed by atoms with E-state index in [0.29, 0.717) is 30.1 Å². The van der Waals surface area contributed by atoms with Gasteiger partial charge in [-0.3, -0.25) is 0 Å². The number of alkyl halides is 3. The predicted octanol–water partition coefficient (Wildman–Crippen LogP) is 5.47. The van der Waals surface area contributed by atoms with Gasteiger partial charge in [0.1, 0.15) is 5.82 Å². The first-order valence-electron chi connectivity index (χ1n) is 11.5. The summed E-state index contributed by atoms with van der Waals surface area (Å²) in [5.41, 5.74) is 0.0795. The minimum absolute atomic E-state index is 0. The van der Waals surface area contributed by atoms with Crippen molar-refractivity contribution < 1.29 is 22.0 Å². The highest BCUT2D eigenvalue weighted by molar-refractivity contribution is 7.99. The van der Waals surface area contributed by atoms with Crippen LogP contribution >= 0.6 is 36.6 Å². The second-order valence-corrected chi connectivity index (χ2v) is 10.1. The molecule has 4 heterocycles. The quantitative estimate of drug-likeness (QED) is 0.208. The molecule has 2 aliphatic heterocycles. The molecule has 2 saturated heterocycles. The van der Waals surface area contributed by atoms with E-state index < -0.39 is 17.6 Å². The number of rotatable bonds is 7. The maximum atomic E-state index is 14.6. The molecule has 2 aliphatic rings. The zero-order chi connectivity index (χ0) is 24.7. The van der Waals surface area contributed by atoms with Gasteiger partial charge in [0.15, 0.2) is 17.3 Å². The number of aryl methyl sites for hydroxylation is 1. The molecule has 0 bridgehead atoms. The topological polar surface area (TPSA) is 63.2 Å². The van der Waals surface area contributed by atoms with E-state index in [1.807, 2.05) is 23.4 Å². The standard InChI is InChI=1S/C23H26F4N6OS.2ClH/c1-14-20(34-13-28-14)21-29-30-22(31(21)2)35-9-3-7-32-11-15-6-8-33(19(15)12-32)18-5-4-16(10-17(18)24)23(25,26)27;;/h4-5,10,13,15,19H,3,6-9,11-12H2,1-2H3;2*1H/t15-,19+;;/m1../s1. The van der Waals surface area contributed by atoms with Gasteiger partial charge in [-0.1, -0.05) is 11.8 Å². The zero-order valence-electron chi connectivity index (χ0n) is 20.2. The lowest BCUT2D eigenvalue weighted by molar-refractivity contribution is -0.137. The number of anilines is 1. The Bertz CT molecular complexity index is 1210. The molecule has 0 N–H and O–H groups in total. The van der Waals surface area contributed by atoms with Crippen molar-refractivity contribution in [1.29, 1.82) is 0 Å². The van der Waals surface area contributed by atoms with Crippen molar-refractivity contribution in [3.8, 4) is 11.6 Å². The predicted molar refractivity (Wildman–Crippen MR) is 138 cm³/mol. The Morgan fingerprint density at radius 1 is 1.16 bits per heavy atom. The van der Waals surface area contributed by atoms with Crippen LogP contribution in [0.3, 0.4) is 0 Å². The average molecular weight is 583 g/mol. The largest absolute Gasteiger partial charge is 0.440 e. The van der Waals surface area contributed by atoms with Crippen molar-refractivity contribution in [2.75, 3.05) is 36.8 Å². The first kappa shape index (κ1) is 29.5. The molecule has 7 nitrogen and oxygen atoms in total. The number of benzene rings is 1. The summed E-state index contributed by atoms with van der Waals surface area (Å²) in [7, 11) is 1.90. The second-order valence-electron chi connectivity index (χ2n) is 9.07. The monoisotopic (exact) mass is 582 g/mol. The highest BCUT2D eigenvalue weighted by atomic mass is 35.5. The molecule has 14 heteroatoms. The first-order valence-corrected chi connectivity index (χ1v) is 12.5. The molecule has 0 aliphatic carbocycles. The second kappa shape index (κ2) is 11.8. The molecule has 2 aromatic heterocycles. The number of thioether (sulfide) groups is 1. The van der Waals surface area contributed by atoms with E-state index in [0.717, 1.165) is 55.1 Å². The molecule has 0 radical (unpaired) electrons. The van der Waals surface area contributed by atoms with Crippen LogP contribution in [-0.2, 0) is 13.2 Å². The zero-order valence-corrected chi connectivity index (χ0v) is 22.7. The number of aromatic nitrogens is 4. The average Bonchev–Trinajstić information content (AvgIpc) is 3.56. The van der Waals surface area contributed by atoms with E-state index in [1.54, 1.807) is 11.8 Å². The Morgan fingerprint density at radius 2 is 1.95 bits per heavy atom. The number of likely N-dealkylation sites (tertiary alicyclic amines) is 1. The van der Waals surface area contributed by atoms with Gasteiger partial charge in [-0.2, -0.15) is 13.2 Å². The Labute approximate surface area is 228 Å². The van der Waals surface area contributed by atoms with Gasteiger partial charge in [0.2, 0.25) is 5.82 Å². The molecule has 5 rings (SSSR count). The van der Waals surface area contributed by atoms with Crippen LogP contribution in [0.2, 0.25) is 0 Å². The van der Waals surface area contributed by atoms with Gasteiger partial charge in [-0.05, 0) is 50.4 Å². The number of nitrogens with zero attached hydrogens (tertiary/aromatic N) is 6. The van der Waals surface area contributed by atoms with Gasteiger partial charge in [0.25, 0.3) is 0 Å². The van der Waals surface area contributed by atoms with Gasteiger partial charge in [0, 0.05) is 38.5 Å². The fraction of sp³-hybridized carbons (Fsp3) is 0.522. The van der Waals surface area contributed by atoms with Crippen LogP contribution in [0.25, 0.3) is 11.6 Å². The number of halogens is 6. The van der Waals surface area contributed by atoms with Crippen LogP contribution in [0.5, 0.6) is 0 Å². The minimum atomic E-state index is -4.55. The molecule has 2 atom stereocenters. The Hall–Kier alpha value is -2.02. The van der Waals surface area contributed by atoms with E-state index in [4.69, 9.17) is 4.42 Å². The summed E-state index contributed by atoms with van der Waals surface area (Å²) >= 11 is 1.63. The highest BCUT2D eigenvalue weighted by Gasteiger charge is 2.42. The maximum absolute atomic E-state index is 14.6. The van der Waals surface area contributed by atoms with Crippen LogP contribution in [-0.4, -0.2) is 62.6 Å². The van der Waals surface area contributed by atoms with Gasteiger partial charge >= 0.3 is 6.18 Å². The van der Waals surface area contributed by atoms with E-state index in [-0.39, 0.29) is 36.5 Å². The van der Waals surface area contributed by atoms with Crippen molar-refractivity contribution >= 4 is 42.3 Å². The molecule has 0 amide bonds. The van der Waals surface area contributed by atoms with E-state index in [9.17, 15) is 17.6 Å². The van der Waals surface area contributed by atoms with Crippen LogP contribution in [0.4, 0.5) is 23.2 Å². The van der Waals surface area contributed by atoms with E-state index >= 15 is 0 Å². The summed E-state index contributed by atoms with van der Waals surface area (Å²) < 4.78 is 60.6. The lowest BCUT2D eigenvalue weighted by atomic mass is 10.0. The number of hydrogen-bond donors (Lipinski definition) is 0. The normalized spacial score (nSPS) is 19.6. The fourth-order valence-electron chi connectivity index (χ4n) is 5.05. The molecule has 0 unspecified atom stereocenters. The molecule has 37 heavy (non-hydrogen) atoms. The van der Waals surface area contributed by atoms with Crippen LogP contribution < -0.4 is 4.90 Å². The van der Waals surface area contributed by atoms with Gasteiger partial charge in [-0.25, -0.2) is 9.37 Å². The molecule has 0 saturated carbocycles. The van der Waals surface area contributed by atoms with Gasteiger partial charge in [-0.15, -0.1) is 35.0 Å².